The van der Waals surface area contributed by atoms with E-state index in [4.69, 9.17) is 4.52 Å². The van der Waals surface area contributed by atoms with Gasteiger partial charge in [-0.3, -0.25) is 4.90 Å². The van der Waals surface area contributed by atoms with Crippen LogP contribution in [0.3, 0.4) is 0 Å². The highest BCUT2D eigenvalue weighted by atomic mass is 32.2. The third-order valence-corrected chi connectivity index (χ3v) is 4.45. The first-order valence-corrected chi connectivity index (χ1v) is 8.82. The molecule has 0 radical (unpaired) electrons. The Labute approximate surface area is 134 Å². The minimum atomic E-state index is 0.209. The summed E-state index contributed by atoms with van der Waals surface area (Å²) >= 11 is 1.55. The first kappa shape index (κ1) is 15.4. The second kappa shape index (κ2) is 6.75. The molecule has 3 rings (SSSR count). The van der Waals surface area contributed by atoms with Gasteiger partial charge in [-0.25, -0.2) is 9.97 Å². The standard InChI is InChI=1S/C15H21N5OS/c1-10(2)13-18-14(21-19-13)12-5-4-6-20(12)9-11-7-16-15(22-3)17-8-11/h7-8,10,12H,4-6,9H2,1-3H3. The zero-order valence-electron chi connectivity index (χ0n) is 13.2. The summed E-state index contributed by atoms with van der Waals surface area (Å²) in [4.78, 5) is 15.6. The lowest BCUT2D eigenvalue weighted by atomic mass is 10.2. The average Bonchev–Trinajstić information content (AvgIpc) is 3.16. The van der Waals surface area contributed by atoms with E-state index in [1.165, 1.54) is 0 Å². The van der Waals surface area contributed by atoms with Crippen molar-refractivity contribution in [1.29, 1.82) is 0 Å². The number of nitrogens with zero attached hydrogens (tertiary/aromatic N) is 5. The highest BCUT2D eigenvalue weighted by Crippen LogP contribution is 2.32. The minimum absolute atomic E-state index is 0.209. The Morgan fingerprint density at radius 2 is 2.14 bits per heavy atom. The van der Waals surface area contributed by atoms with Crippen LogP contribution >= 0.6 is 11.8 Å². The summed E-state index contributed by atoms with van der Waals surface area (Å²) in [6.07, 6.45) is 7.99. The highest BCUT2D eigenvalue weighted by molar-refractivity contribution is 7.98. The van der Waals surface area contributed by atoms with Gasteiger partial charge < -0.3 is 4.52 Å². The van der Waals surface area contributed by atoms with Gasteiger partial charge in [-0.2, -0.15) is 4.98 Å². The second-order valence-electron chi connectivity index (χ2n) is 5.85. The zero-order chi connectivity index (χ0) is 15.5. The van der Waals surface area contributed by atoms with Crippen molar-refractivity contribution in [3.05, 3.63) is 29.7 Å². The molecule has 0 aliphatic carbocycles. The third kappa shape index (κ3) is 3.30. The van der Waals surface area contributed by atoms with Gasteiger partial charge in [-0.15, -0.1) is 0 Å². The van der Waals surface area contributed by atoms with Crippen LogP contribution in [0, 0.1) is 0 Å². The predicted molar refractivity (Wildman–Crippen MR) is 84.6 cm³/mol. The van der Waals surface area contributed by atoms with Gasteiger partial charge in [0.2, 0.25) is 5.89 Å². The molecule has 7 heteroatoms. The SMILES string of the molecule is CSc1ncc(CN2CCCC2c2nc(C(C)C)no2)cn1. The summed E-state index contributed by atoms with van der Waals surface area (Å²) in [6.45, 7) is 6.00. The topological polar surface area (TPSA) is 67.9 Å². The Morgan fingerprint density at radius 1 is 1.36 bits per heavy atom. The first-order chi connectivity index (χ1) is 10.7. The Balaban J connectivity index is 1.71. The molecule has 0 bridgehead atoms. The molecule has 118 valence electrons. The van der Waals surface area contributed by atoms with Gasteiger partial charge in [0.25, 0.3) is 0 Å². The van der Waals surface area contributed by atoms with Crippen molar-refractivity contribution in [2.45, 2.75) is 50.4 Å². The minimum Gasteiger partial charge on any atom is -0.338 e. The van der Waals surface area contributed by atoms with Crippen LogP contribution in [0.1, 0.15) is 55.9 Å². The van der Waals surface area contributed by atoms with Gasteiger partial charge in [-0.1, -0.05) is 30.8 Å². The van der Waals surface area contributed by atoms with Crippen LogP contribution in [0.5, 0.6) is 0 Å². The molecule has 1 aliphatic rings. The normalized spacial score (nSPS) is 19.2. The van der Waals surface area contributed by atoms with Gasteiger partial charge in [0.1, 0.15) is 0 Å². The van der Waals surface area contributed by atoms with Crippen LogP contribution in [0.15, 0.2) is 22.1 Å². The molecule has 0 amide bonds. The predicted octanol–water partition coefficient (Wildman–Crippen LogP) is 3.04. The monoisotopic (exact) mass is 319 g/mol. The number of likely N-dealkylation sites (tertiary alicyclic amines) is 1. The van der Waals surface area contributed by atoms with E-state index in [1.54, 1.807) is 11.8 Å². The van der Waals surface area contributed by atoms with Crippen molar-refractivity contribution < 1.29 is 4.52 Å². The molecule has 0 spiro atoms. The molecule has 1 fully saturated rings. The molecule has 0 aromatic carbocycles. The Bertz CT molecular complexity index is 613. The maximum Gasteiger partial charge on any atom is 0.244 e. The molecule has 3 heterocycles. The van der Waals surface area contributed by atoms with Crippen molar-refractivity contribution in [3.63, 3.8) is 0 Å². The van der Waals surface area contributed by atoms with Crippen LogP contribution in [0.25, 0.3) is 0 Å². The van der Waals surface area contributed by atoms with E-state index < -0.39 is 0 Å². The lowest BCUT2D eigenvalue weighted by molar-refractivity contribution is 0.200. The number of thioether (sulfide) groups is 1. The molecule has 0 N–H and O–H groups in total. The molecular formula is C15H21N5OS. The molecule has 1 saturated heterocycles. The third-order valence-electron chi connectivity index (χ3n) is 3.87. The summed E-state index contributed by atoms with van der Waals surface area (Å²) in [6, 6.07) is 0.209. The number of hydrogen-bond donors (Lipinski definition) is 0. The van der Waals surface area contributed by atoms with Gasteiger partial charge in [0.15, 0.2) is 11.0 Å². The largest absolute Gasteiger partial charge is 0.338 e. The lowest BCUT2D eigenvalue weighted by Crippen LogP contribution is -2.23. The molecular weight excluding hydrogens is 298 g/mol. The Kier molecular flexibility index (Phi) is 4.73. The Hall–Kier alpha value is -1.47. The van der Waals surface area contributed by atoms with Crippen LogP contribution in [0.4, 0.5) is 0 Å². The molecule has 1 unspecified atom stereocenters. The van der Waals surface area contributed by atoms with Crippen LogP contribution < -0.4 is 0 Å². The van der Waals surface area contributed by atoms with Gasteiger partial charge >= 0.3 is 0 Å². The van der Waals surface area contributed by atoms with E-state index in [0.29, 0.717) is 5.92 Å². The smallest absolute Gasteiger partial charge is 0.244 e. The van der Waals surface area contributed by atoms with Crippen LogP contribution in [0.2, 0.25) is 0 Å². The summed E-state index contributed by atoms with van der Waals surface area (Å²) in [5.41, 5.74) is 1.12. The quantitative estimate of drug-likeness (QED) is 0.619. The van der Waals surface area contributed by atoms with Gasteiger partial charge in [0.05, 0.1) is 6.04 Å². The van der Waals surface area contributed by atoms with E-state index in [1.807, 2.05) is 18.6 Å². The Morgan fingerprint density at radius 3 is 2.77 bits per heavy atom. The molecule has 6 nitrogen and oxygen atoms in total. The summed E-state index contributed by atoms with van der Waals surface area (Å²) < 4.78 is 5.48. The van der Waals surface area contributed by atoms with E-state index >= 15 is 0 Å². The van der Waals surface area contributed by atoms with Crippen molar-refractivity contribution in [2.24, 2.45) is 0 Å². The van der Waals surface area contributed by atoms with Crippen molar-refractivity contribution >= 4 is 11.8 Å². The lowest BCUT2D eigenvalue weighted by Gasteiger charge is -2.21. The summed E-state index contributed by atoms with van der Waals surface area (Å²) in [5, 5.41) is 4.89. The van der Waals surface area contributed by atoms with Gasteiger partial charge in [-0.05, 0) is 25.6 Å². The molecule has 1 atom stereocenters. The number of aromatic nitrogens is 4. The van der Waals surface area contributed by atoms with Crippen LogP contribution in [-0.4, -0.2) is 37.8 Å². The maximum absolute atomic E-state index is 5.48. The average molecular weight is 319 g/mol. The molecule has 2 aromatic heterocycles. The highest BCUT2D eigenvalue weighted by Gasteiger charge is 2.31. The zero-order valence-corrected chi connectivity index (χ0v) is 14.0. The van der Waals surface area contributed by atoms with Crippen LogP contribution in [-0.2, 0) is 6.54 Å². The van der Waals surface area contributed by atoms with Crippen molar-refractivity contribution in [1.82, 2.24) is 25.0 Å². The fraction of sp³-hybridized carbons (Fsp3) is 0.600. The fourth-order valence-electron chi connectivity index (χ4n) is 2.68. The van der Waals surface area contributed by atoms with E-state index in [-0.39, 0.29) is 6.04 Å². The maximum atomic E-state index is 5.48. The van der Waals surface area contributed by atoms with E-state index in [9.17, 15) is 0 Å². The van der Waals surface area contributed by atoms with Crippen molar-refractivity contribution in [2.75, 3.05) is 12.8 Å². The number of hydrogen-bond acceptors (Lipinski definition) is 7. The van der Waals surface area contributed by atoms with E-state index in [2.05, 4.69) is 38.9 Å². The molecule has 0 saturated carbocycles. The first-order valence-electron chi connectivity index (χ1n) is 7.60. The molecule has 22 heavy (non-hydrogen) atoms. The second-order valence-corrected chi connectivity index (χ2v) is 6.63. The fourth-order valence-corrected chi connectivity index (χ4v) is 2.99. The molecule has 2 aromatic rings. The molecule has 1 aliphatic heterocycles. The van der Waals surface area contributed by atoms with Crippen molar-refractivity contribution in [3.8, 4) is 0 Å². The summed E-state index contributed by atoms with van der Waals surface area (Å²) in [5.74, 6) is 1.82. The van der Waals surface area contributed by atoms with Gasteiger partial charge in [0, 0.05) is 30.4 Å². The summed E-state index contributed by atoms with van der Waals surface area (Å²) in [7, 11) is 0. The number of rotatable bonds is 5. The van der Waals surface area contributed by atoms with E-state index in [0.717, 1.165) is 48.4 Å².